The number of hydrogen-bond donors (Lipinski definition) is 0. The Morgan fingerprint density at radius 1 is 0.488 bits per heavy atom. The average Bonchev–Trinajstić information content (AvgIpc) is 2.99. The fraction of sp³-hybridized carbons (Fsp3) is 0.211. The van der Waals surface area contributed by atoms with E-state index in [1.807, 2.05) is 6.20 Å². The van der Waals surface area contributed by atoms with Crippen molar-refractivity contribution in [2.24, 2.45) is 0 Å². The molecule has 0 spiro atoms. The molecule has 0 bridgehead atoms. The van der Waals surface area contributed by atoms with Crippen molar-refractivity contribution in [3.05, 3.63) is 124 Å². The predicted molar refractivity (Wildman–Crippen MR) is 179 cm³/mol. The molecule has 0 amide bonds. The minimum Gasteiger partial charge on any atom is -0.309 e. The van der Waals surface area contributed by atoms with Gasteiger partial charge in [-0.25, -0.2) is 19.9 Å². The van der Waals surface area contributed by atoms with Gasteiger partial charge in [-0.1, -0.05) is 48.5 Å². The van der Waals surface area contributed by atoms with E-state index in [1.165, 1.54) is 67.0 Å². The normalized spacial score (nSPS) is 11.3. The molecule has 0 radical (unpaired) electrons. The maximum absolute atomic E-state index is 4.87. The molecular weight excluding hydrogens is 526 g/mol. The second-order valence-corrected chi connectivity index (χ2v) is 11.6. The second kappa shape index (κ2) is 11.1. The maximum Gasteiger partial charge on any atom is 0.198 e. The summed E-state index contributed by atoms with van der Waals surface area (Å²) in [7, 11) is 0. The van der Waals surface area contributed by atoms with Gasteiger partial charge in [-0.05, 0) is 123 Å². The fourth-order valence-electron chi connectivity index (χ4n) is 6.47. The molecule has 0 aliphatic carbocycles. The molecule has 43 heavy (non-hydrogen) atoms. The molecular formula is C38H37N5. The Balaban J connectivity index is 1.57. The number of benzene rings is 4. The van der Waals surface area contributed by atoms with Gasteiger partial charge in [0.05, 0.1) is 23.3 Å². The Morgan fingerprint density at radius 3 is 1.60 bits per heavy atom. The topological polar surface area (TPSA) is 54.8 Å². The summed E-state index contributed by atoms with van der Waals surface area (Å²) >= 11 is 0. The van der Waals surface area contributed by atoms with Gasteiger partial charge < -0.3 is 4.90 Å². The smallest absolute Gasteiger partial charge is 0.198 e. The number of fused-ring (bicyclic) bond motifs is 1. The summed E-state index contributed by atoms with van der Waals surface area (Å²) in [5.74, 6) is 0. The molecule has 2 aromatic heterocycles. The van der Waals surface area contributed by atoms with Crippen molar-refractivity contribution in [3.63, 3.8) is 0 Å². The molecule has 0 unspecified atom stereocenters. The molecule has 2 heterocycles. The maximum atomic E-state index is 4.87. The standard InChI is InChI=1S/C38H37N5/c1-22-11-9-12-23(2)33(22)30-15-17-31(18-16-30)43(35-24(3)13-10-14-25(35)4)36-28(7)26(5)34(27(6)29(36)8)32-21-41-37-38(42-32)40-20-19-39-37/h9-21H,1-8H3. The van der Waals surface area contributed by atoms with Gasteiger partial charge in [0, 0.05) is 23.6 Å². The summed E-state index contributed by atoms with van der Waals surface area (Å²) in [5.41, 5.74) is 18.9. The molecule has 4 aromatic carbocycles. The van der Waals surface area contributed by atoms with Crippen LogP contribution in [0.5, 0.6) is 0 Å². The highest BCUT2D eigenvalue weighted by Gasteiger charge is 2.25. The predicted octanol–water partition coefficient (Wildman–Crippen LogP) is 9.69. The molecule has 0 saturated heterocycles. The first-order chi connectivity index (χ1) is 20.7. The minimum atomic E-state index is 0.553. The molecule has 0 aliphatic rings. The zero-order valence-electron chi connectivity index (χ0n) is 26.2. The quantitative estimate of drug-likeness (QED) is 0.209. The molecule has 5 heteroatoms. The zero-order valence-corrected chi connectivity index (χ0v) is 26.2. The van der Waals surface area contributed by atoms with Crippen LogP contribution < -0.4 is 4.90 Å². The summed E-state index contributed by atoms with van der Waals surface area (Å²) in [6.45, 7) is 17.6. The van der Waals surface area contributed by atoms with Gasteiger partial charge in [0.25, 0.3) is 0 Å². The third kappa shape index (κ3) is 4.85. The van der Waals surface area contributed by atoms with Crippen LogP contribution in [0.1, 0.15) is 44.5 Å². The largest absolute Gasteiger partial charge is 0.309 e. The number of para-hydroxylation sites is 1. The van der Waals surface area contributed by atoms with Crippen LogP contribution in [-0.2, 0) is 0 Å². The van der Waals surface area contributed by atoms with Crippen molar-refractivity contribution in [2.75, 3.05) is 4.90 Å². The summed E-state index contributed by atoms with van der Waals surface area (Å²) in [4.78, 5) is 20.6. The summed E-state index contributed by atoms with van der Waals surface area (Å²) < 4.78 is 0. The summed E-state index contributed by atoms with van der Waals surface area (Å²) in [6, 6.07) is 22.1. The highest BCUT2D eigenvalue weighted by Crippen LogP contribution is 2.46. The highest BCUT2D eigenvalue weighted by atomic mass is 15.2. The van der Waals surface area contributed by atoms with E-state index in [4.69, 9.17) is 4.98 Å². The van der Waals surface area contributed by atoms with Crippen LogP contribution in [0.25, 0.3) is 33.7 Å². The molecule has 0 aliphatic heterocycles. The van der Waals surface area contributed by atoms with Crippen molar-refractivity contribution in [2.45, 2.75) is 55.4 Å². The Bertz CT molecular complexity index is 1940. The van der Waals surface area contributed by atoms with Crippen molar-refractivity contribution < 1.29 is 0 Å². The molecule has 214 valence electrons. The van der Waals surface area contributed by atoms with Gasteiger partial charge in [-0.15, -0.1) is 0 Å². The van der Waals surface area contributed by atoms with E-state index in [1.54, 1.807) is 12.4 Å². The molecule has 0 fully saturated rings. The zero-order chi connectivity index (χ0) is 30.4. The Labute approximate surface area is 254 Å². The van der Waals surface area contributed by atoms with Crippen molar-refractivity contribution in [1.82, 2.24) is 19.9 Å². The van der Waals surface area contributed by atoms with E-state index in [2.05, 4.69) is 136 Å². The van der Waals surface area contributed by atoms with Crippen molar-refractivity contribution >= 4 is 28.4 Å². The Kier molecular flexibility index (Phi) is 7.26. The van der Waals surface area contributed by atoms with Crippen molar-refractivity contribution in [1.29, 1.82) is 0 Å². The van der Waals surface area contributed by atoms with E-state index >= 15 is 0 Å². The van der Waals surface area contributed by atoms with Crippen LogP contribution in [0.2, 0.25) is 0 Å². The number of anilines is 3. The number of hydrogen-bond acceptors (Lipinski definition) is 5. The Morgan fingerprint density at radius 2 is 1.02 bits per heavy atom. The van der Waals surface area contributed by atoms with Crippen LogP contribution >= 0.6 is 0 Å². The molecule has 0 atom stereocenters. The second-order valence-electron chi connectivity index (χ2n) is 11.6. The highest BCUT2D eigenvalue weighted by molar-refractivity contribution is 5.89. The van der Waals surface area contributed by atoms with Crippen LogP contribution in [-0.4, -0.2) is 19.9 Å². The fourth-order valence-corrected chi connectivity index (χ4v) is 6.47. The van der Waals surface area contributed by atoms with Crippen LogP contribution in [0, 0.1) is 55.4 Å². The van der Waals surface area contributed by atoms with Gasteiger partial charge in [0.2, 0.25) is 0 Å². The molecule has 6 aromatic rings. The first-order valence-corrected chi connectivity index (χ1v) is 14.7. The van der Waals surface area contributed by atoms with Crippen LogP contribution in [0.4, 0.5) is 17.1 Å². The molecule has 0 N–H and O–H groups in total. The third-order valence-corrected chi connectivity index (χ3v) is 8.82. The molecule has 6 rings (SSSR count). The SMILES string of the molecule is Cc1cccc(C)c1-c1ccc(N(c2c(C)cccc2C)c2c(C)c(C)c(-c3cnc4nccnc4n3)c(C)c2C)cc1. The summed E-state index contributed by atoms with van der Waals surface area (Å²) in [5, 5.41) is 0. The Hall–Kier alpha value is -4.90. The van der Waals surface area contributed by atoms with Gasteiger partial charge in [-0.3, -0.25) is 0 Å². The van der Waals surface area contributed by atoms with Crippen LogP contribution in [0.3, 0.4) is 0 Å². The van der Waals surface area contributed by atoms with Crippen molar-refractivity contribution in [3.8, 4) is 22.4 Å². The number of rotatable bonds is 5. The van der Waals surface area contributed by atoms with E-state index in [0.29, 0.717) is 11.3 Å². The first kappa shape index (κ1) is 28.2. The van der Waals surface area contributed by atoms with E-state index < -0.39 is 0 Å². The molecule has 0 saturated carbocycles. The first-order valence-electron chi connectivity index (χ1n) is 14.7. The van der Waals surface area contributed by atoms with Gasteiger partial charge in [-0.2, -0.15) is 0 Å². The summed E-state index contributed by atoms with van der Waals surface area (Å²) in [6.07, 6.45) is 5.13. The number of aromatic nitrogens is 4. The average molecular weight is 564 g/mol. The van der Waals surface area contributed by atoms with Gasteiger partial charge >= 0.3 is 0 Å². The van der Waals surface area contributed by atoms with Gasteiger partial charge in [0.1, 0.15) is 0 Å². The lowest BCUT2D eigenvalue weighted by molar-refractivity contribution is 1.13. The molecule has 5 nitrogen and oxygen atoms in total. The minimum absolute atomic E-state index is 0.553. The lowest BCUT2D eigenvalue weighted by Gasteiger charge is -2.33. The monoisotopic (exact) mass is 563 g/mol. The number of aryl methyl sites for hydroxylation is 4. The van der Waals surface area contributed by atoms with E-state index in [-0.39, 0.29) is 0 Å². The van der Waals surface area contributed by atoms with E-state index in [9.17, 15) is 0 Å². The lowest BCUT2D eigenvalue weighted by Crippen LogP contribution is -2.17. The van der Waals surface area contributed by atoms with Crippen LogP contribution in [0.15, 0.2) is 79.3 Å². The third-order valence-electron chi connectivity index (χ3n) is 8.82. The number of nitrogens with zero attached hydrogens (tertiary/aromatic N) is 5. The van der Waals surface area contributed by atoms with Gasteiger partial charge in [0.15, 0.2) is 11.3 Å². The van der Waals surface area contributed by atoms with E-state index in [0.717, 1.165) is 16.9 Å². The lowest BCUT2D eigenvalue weighted by atomic mass is 9.89.